The second-order valence-corrected chi connectivity index (χ2v) is 8.18. The Morgan fingerprint density at radius 3 is 2.45 bits per heavy atom. The Hall–Kier alpha value is -3.60. The molecule has 2 heterocycles. The summed E-state index contributed by atoms with van der Waals surface area (Å²) in [7, 11) is 2.48. The first-order valence-electron chi connectivity index (χ1n) is 9.99. The standard InChI is InChI=1S/C22H24N4O6S/c1-12(2)26-19(15-8-9-32-13(15)3)24-25-22(26)33-11-18(27)23-17-10-14(20(28)30-4)6-7-16(17)21(29)31-5/h6-10,12H,11H2,1-5H3,(H,23,27). The summed E-state index contributed by atoms with van der Waals surface area (Å²) in [6, 6.07) is 6.06. The lowest BCUT2D eigenvalue weighted by molar-refractivity contribution is -0.113. The van der Waals surface area contributed by atoms with E-state index < -0.39 is 17.8 Å². The Morgan fingerprint density at radius 1 is 1.12 bits per heavy atom. The number of aromatic nitrogens is 3. The van der Waals surface area contributed by atoms with Gasteiger partial charge in [0.25, 0.3) is 0 Å². The molecule has 0 saturated carbocycles. The predicted octanol–water partition coefficient (Wildman–Crippen LogP) is 3.73. The number of ether oxygens (including phenoxy) is 2. The van der Waals surface area contributed by atoms with Gasteiger partial charge in [-0.25, -0.2) is 9.59 Å². The smallest absolute Gasteiger partial charge is 0.339 e. The molecule has 1 amide bonds. The third-order valence-corrected chi connectivity index (χ3v) is 5.68. The molecule has 0 aliphatic carbocycles. The van der Waals surface area contributed by atoms with Gasteiger partial charge < -0.3 is 19.2 Å². The van der Waals surface area contributed by atoms with Crippen molar-refractivity contribution in [1.82, 2.24) is 14.8 Å². The molecule has 174 valence electrons. The van der Waals surface area contributed by atoms with Gasteiger partial charge >= 0.3 is 11.9 Å². The molecule has 10 nitrogen and oxygen atoms in total. The first kappa shape index (κ1) is 24.1. The number of rotatable bonds is 8. The van der Waals surface area contributed by atoms with Crippen molar-refractivity contribution in [3.8, 4) is 11.4 Å². The fraction of sp³-hybridized carbons (Fsp3) is 0.318. The number of thioether (sulfide) groups is 1. The monoisotopic (exact) mass is 472 g/mol. The van der Waals surface area contributed by atoms with Crippen molar-refractivity contribution in [2.45, 2.75) is 32.0 Å². The molecule has 0 bridgehead atoms. The van der Waals surface area contributed by atoms with E-state index in [0.717, 1.165) is 11.3 Å². The number of esters is 2. The molecule has 0 spiro atoms. The zero-order chi connectivity index (χ0) is 24.1. The highest BCUT2D eigenvalue weighted by Gasteiger charge is 2.21. The predicted molar refractivity (Wildman–Crippen MR) is 121 cm³/mol. The zero-order valence-electron chi connectivity index (χ0n) is 18.9. The summed E-state index contributed by atoms with van der Waals surface area (Å²) < 4.78 is 16.8. The number of anilines is 1. The minimum absolute atomic E-state index is 0.00170. The van der Waals surface area contributed by atoms with Gasteiger partial charge in [0.1, 0.15) is 5.76 Å². The summed E-state index contributed by atoms with van der Waals surface area (Å²) in [4.78, 5) is 36.6. The third-order valence-electron chi connectivity index (χ3n) is 4.73. The largest absolute Gasteiger partial charge is 0.469 e. The van der Waals surface area contributed by atoms with Crippen molar-refractivity contribution in [3.63, 3.8) is 0 Å². The quantitative estimate of drug-likeness (QED) is 0.385. The van der Waals surface area contributed by atoms with E-state index in [9.17, 15) is 14.4 Å². The van der Waals surface area contributed by atoms with Gasteiger partial charge in [-0.1, -0.05) is 11.8 Å². The first-order valence-corrected chi connectivity index (χ1v) is 11.0. The van der Waals surface area contributed by atoms with Crippen LogP contribution < -0.4 is 5.32 Å². The van der Waals surface area contributed by atoms with Gasteiger partial charge in [0, 0.05) is 6.04 Å². The van der Waals surface area contributed by atoms with E-state index in [1.807, 2.05) is 31.4 Å². The lowest BCUT2D eigenvalue weighted by atomic mass is 10.1. The van der Waals surface area contributed by atoms with Crippen LogP contribution in [0.25, 0.3) is 11.4 Å². The van der Waals surface area contributed by atoms with E-state index in [1.165, 1.54) is 44.2 Å². The number of hydrogen-bond acceptors (Lipinski definition) is 9. The Labute approximate surface area is 194 Å². The fourth-order valence-corrected chi connectivity index (χ4v) is 4.01. The number of nitrogens with one attached hydrogen (secondary N) is 1. The van der Waals surface area contributed by atoms with Crippen LogP contribution in [0.1, 0.15) is 46.4 Å². The van der Waals surface area contributed by atoms with Gasteiger partial charge in [0.2, 0.25) is 5.91 Å². The lowest BCUT2D eigenvalue weighted by Crippen LogP contribution is -2.18. The molecule has 0 atom stereocenters. The van der Waals surface area contributed by atoms with E-state index in [1.54, 1.807) is 6.26 Å². The molecule has 0 unspecified atom stereocenters. The van der Waals surface area contributed by atoms with Crippen LogP contribution in [0.3, 0.4) is 0 Å². The van der Waals surface area contributed by atoms with Crippen LogP contribution in [0.5, 0.6) is 0 Å². The summed E-state index contributed by atoms with van der Waals surface area (Å²) in [5.74, 6) is -0.264. The van der Waals surface area contributed by atoms with Crippen molar-refractivity contribution in [2.75, 3.05) is 25.3 Å². The number of carbonyl (C=O) groups is 3. The van der Waals surface area contributed by atoms with Crippen LogP contribution in [0.15, 0.2) is 40.1 Å². The lowest BCUT2D eigenvalue weighted by Gasteiger charge is -2.14. The van der Waals surface area contributed by atoms with Crippen LogP contribution in [0.4, 0.5) is 5.69 Å². The summed E-state index contributed by atoms with van der Waals surface area (Å²) in [5.41, 5.74) is 1.28. The first-order chi connectivity index (χ1) is 15.8. The number of furan rings is 1. The highest BCUT2D eigenvalue weighted by atomic mass is 32.2. The molecule has 2 aromatic heterocycles. The highest BCUT2D eigenvalue weighted by Crippen LogP contribution is 2.30. The van der Waals surface area contributed by atoms with E-state index in [4.69, 9.17) is 13.9 Å². The fourth-order valence-electron chi connectivity index (χ4n) is 3.14. The highest BCUT2D eigenvalue weighted by molar-refractivity contribution is 7.99. The average molecular weight is 473 g/mol. The van der Waals surface area contributed by atoms with E-state index in [-0.39, 0.29) is 28.6 Å². The normalized spacial score (nSPS) is 10.8. The Kier molecular flexibility index (Phi) is 7.54. The van der Waals surface area contributed by atoms with Gasteiger partial charge in [0.05, 0.1) is 48.6 Å². The second-order valence-electron chi connectivity index (χ2n) is 7.24. The molecule has 0 fully saturated rings. The van der Waals surface area contributed by atoms with Crippen molar-refractivity contribution >= 4 is 35.3 Å². The van der Waals surface area contributed by atoms with Crippen molar-refractivity contribution in [3.05, 3.63) is 47.4 Å². The van der Waals surface area contributed by atoms with E-state index in [0.29, 0.717) is 11.0 Å². The number of benzene rings is 1. The summed E-state index contributed by atoms with van der Waals surface area (Å²) in [6.07, 6.45) is 1.59. The Balaban J connectivity index is 1.80. The number of carbonyl (C=O) groups excluding carboxylic acids is 3. The molecular formula is C22H24N4O6S. The topological polar surface area (TPSA) is 126 Å². The van der Waals surface area contributed by atoms with Crippen molar-refractivity contribution in [1.29, 1.82) is 0 Å². The molecule has 1 aromatic carbocycles. The second kappa shape index (κ2) is 10.3. The van der Waals surface area contributed by atoms with Crippen LogP contribution in [0, 0.1) is 6.92 Å². The van der Waals surface area contributed by atoms with Gasteiger partial charge in [0.15, 0.2) is 11.0 Å². The van der Waals surface area contributed by atoms with Gasteiger partial charge in [-0.2, -0.15) is 0 Å². The van der Waals surface area contributed by atoms with Crippen molar-refractivity contribution < 1.29 is 28.3 Å². The van der Waals surface area contributed by atoms with Gasteiger partial charge in [-0.05, 0) is 45.0 Å². The van der Waals surface area contributed by atoms with Crippen LogP contribution >= 0.6 is 11.8 Å². The summed E-state index contributed by atoms with van der Waals surface area (Å²) >= 11 is 1.20. The van der Waals surface area contributed by atoms with Gasteiger partial charge in [-0.15, -0.1) is 10.2 Å². The maximum absolute atomic E-state index is 12.7. The molecule has 0 radical (unpaired) electrons. The maximum atomic E-state index is 12.7. The number of amides is 1. The molecular weight excluding hydrogens is 448 g/mol. The van der Waals surface area contributed by atoms with Crippen LogP contribution in [0.2, 0.25) is 0 Å². The minimum atomic E-state index is -0.644. The zero-order valence-corrected chi connectivity index (χ0v) is 19.7. The van der Waals surface area contributed by atoms with Gasteiger partial charge in [-0.3, -0.25) is 9.36 Å². The number of hydrogen-bond donors (Lipinski definition) is 1. The summed E-state index contributed by atoms with van der Waals surface area (Å²) in [5, 5.41) is 11.7. The Morgan fingerprint density at radius 2 is 1.85 bits per heavy atom. The molecule has 33 heavy (non-hydrogen) atoms. The van der Waals surface area contributed by atoms with Crippen molar-refractivity contribution in [2.24, 2.45) is 0 Å². The molecule has 3 aromatic rings. The number of methoxy groups -OCH3 is 2. The van der Waals surface area contributed by atoms with E-state index in [2.05, 4.69) is 15.5 Å². The molecule has 1 N–H and O–H groups in total. The molecule has 0 aliphatic rings. The SMILES string of the molecule is COC(=O)c1ccc(C(=O)OC)c(NC(=O)CSc2nnc(-c3ccoc3C)n2C(C)C)c1. The summed E-state index contributed by atoms with van der Waals surface area (Å²) in [6.45, 7) is 5.83. The van der Waals surface area contributed by atoms with E-state index >= 15 is 0 Å². The molecule has 11 heteroatoms. The minimum Gasteiger partial charge on any atom is -0.469 e. The number of aryl methyl sites for hydroxylation is 1. The molecule has 0 saturated heterocycles. The maximum Gasteiger partial charge on any atom is 0.339 e. The third kappa shape index (κ3) is 5.25. The van der Waals surface area contributed by atoms with Crippen LogP contribution in [-0.2, 0) is 14.3 Å². The number of nitrogens with zero attached hydrogens (tertiary/aromatic N) is 3. The molecule has 0 aliphatic heterocycles. The van der Waals surface area contributed by atoms with Crippen LogP contribution in [-0.4, -0.2) is 52.6 Å². The molecule has 3 rings (SSSR count). The Bertz CT molecular complexity index is 1180. The average Bonchev–Trinajstić information content (AvgIpc) is 3.42.